The van der Waals surface area contributed by atoms with Crippen molar-refractivity contribution < 1.29 is 23.0 Å². The van der Waals surface area contributed by atoms with Crippen molar-refractivity contribution in [3.8, 4) is 5.75 Å². The van der Waals surface area contributed by atoms with Crippen LogP contribution in [-0.2, 0) is 4.74 Å². The Kier molecular flexibility index (Phi) is 4.50. The summed E-state index contributed by atoms with van der Waals surface area (Å²) in [5, 5.41) is 2.98. The summed E-state index contributed by atoms with van der Waals surface area (Å²) >= 11 is 0. The third-order valence-corrected chi connectivity index (χ3v) is 5.54. The van der Waals surface area contributed by atoms with Crippen molar-refractivity contribution in [1.82, 2.24) is 10.2 Å². The lowest BCUT2D eigenvalue weighted by molar-refractivity contribution is -0.0653. The van der Waals surface area contributed by atoms with E-state index in [0.717, 1.165) is 41.9 Å². The molecule has 1 saturated carbocycles. The summed E-state index contributed by atoms with van der Waals surface area (Å²) in [7, 11) is 0. The predicted octanol–water partition coefficient (Wildman–Crippen LogP) is 3.50. The summed E-state index contributed by atoms with van der Waals surface area (Å²) < 4.78 is 38.7. The van der Waals surface area contributed by atoms with Gasteiger partial charge in [-0.15, -0.1) is 0 Å². The molecular weight excluding hydrogens is 342 g/mol. The van der Waals surface area contributed by atoms with Gasteiger partial charge >= 0.3 is 6.03 Å². The van der Waals surface area contributed by atoms with E-state index in [1.807, 2.05) is 24.3 Å². The number of ether oxygens (including phenoxy) is 2. The van der Waals surface area contributed by atoms with Gasteiger partial charge < -0.3 is 19.7 Å². The molecule has 1 atom stereocenters. The van der Waals surface area contributed by atoms with Gasteiger partial charge in [-0.1, -0.05) is 18.2 Å². The fourth-order valence-corrected chi connectivity index (χ4v) is 4.29. The Morgan fingerprint density at radius 1 is 1.23 bits per heavy atom. The minimum Gasteiger partial charge on any atom is -0.487 e. The quantitative estimate of drug-likeness (QED) is 0.828. The normalized spacial score (nSPS) is 26.7. The Bertz CT molecular complexity index is 677. The Labute approximate surface area is 151 Å². The number of alkyl halides is 2. The summed E-state index contributed by atoms with van der Waals surface area (Å²) in [6, 6.07) is 6.97. The summed E-state index contributed by atoms with van der Waals surface area (Å²) in [6.07, 6.45) is 4.82. The highest BCUT2D eigenvalue weighted by Crippen LogP contribution is 2.47. The Morgan fingerprint density at radius 2 is 2.00 bits per heavy atom. The van der Waals surface area contributed by atoms with E-state index < -0.39 is 25.1 Å². The van der Waals surface area contributed by atoms with Crippen LogP contribution in [0.15, 0.2) is 24.3 Å². The van der Waals surface area contributed by atoms with E-state index in [0.29, 0.717) is 6.42 Å². The molecule has 26 heavy (non-hydrogen) atoms. The fraction of sp³-hybridized carbons (Fsp3) is 0.632. The number of hydrogen-bond acceptors (Lipinski definition) is 3. The number of benzene rings is 1. The Balaban J connectivity index is 1.53. The van der Waals surface area contributed by atoms with Crippen molar-refractivity contribution >= 4 is 6.03 Å². The van der Waals surface area contributed by atoms with Gasteiger partial charge in [0.15, 0.2) is 0 Å². The van der Waals surface area contributed by atoms with Crippen LogP contribution in [0.5, 0.6) is 5.75 Å². The van der Waals surface area contributed by atoms with Crippen molar-refractivity contribution in [2.24, 2.45) is 0 Å². The van der Waals surface area contributed by atoms with Gasteiger partial charge in [0.05, 0.1) is 19.2 Å². The maximum absolute atomic E-state index is 13.8. The van der Waals surface area contributed by atoms with E-state index in [2.05, 4.69) is 5.32 Å². The number of rotatable bonds is 1. The topological polar surface area (TPSA) is 50.8 Å². The molecule has 1 aromatic carbocycles. The van der Waals surface area contributed by atoms with Gasteiger partial charge in [-0.25, -0.2) is 13.6 Å². The second-order valence-corrected chi connectivity index (χ2v) is 7.57. The van der Waals surface area contributed by atoms with Gasteiger partial charge in [0.2, 0.25) is 0 Å². The molecule has 1 aliphatic carbocycles. The average molecular weight is 366 g/mol. The minimum atomic E-state index is -3.02. The molecule has 1 aromatic rings. The van der Waals surface area contributed by atoms with Crippen LogP contribution in [0, 0.1) is 0 Å². The van der Waals surface area contributed by atoms with Gasteiger partial charge in [0.1, 0.15) is 18.0 Å². The van der Waals surface area contributed by atoms with Gasteiger partial charge in [0, 0.05) is 18.5 Å². The summed E-state index contributed by atoms with van der Waals surface area (Å²) in [6.45, 7) is -0.969. The number of nitrogens with one attached hydrogen (secondary N) is 1. The molecule has 5 nitrogen and oxygen atoms in total. The number of carbonyl (C=O) groups excluding carboxylic acids is 1. The van der Waals surface area contributed by atoms with Crippen LogP contribution < -0.4 is 10.1 Å². The van der Waals surface area contributed by atoms with Crippen molar-refractivity contribution in [3.63, 3.8) is 0 Å². The lowest BCUT2D eigenvalue weighted by Crippen LogP contribution is -2.49. The average Bonchev–Trinajstić information content (AvgIpc) is 2.95. The highest BCUT2D eigenvalue weighted by Gasteiger charge is 2.44. The largest absolute Gasteiger partial charge is 0.487 e. The number of fused-ring (bicyclic) bond motifs is 1. The molecule has 3 aliphatic rings. The van der Waals surface area contributed by atoms with E-state index >= 15 is 0 Å². The zero-order valence-corrected chi connectivity index (χ0v) is 14.7. The first-order chi connectivity index (χ1) is 12.5. The third kappa shape index (κ3) is 3.49. The second kappa shape index (κ2) is 6.68. The molecule has 142 valence electrons. The first-order valence-corrected chi connectivity index (χ1v) is 9.25. The van der Waals surface area contributed by atoms with Crippen molar-refractivity contribution in [2.75, 3.05) is 26.3 Å². The van der Waals surface area contributed by atoms with Crippen molar-refractivity contribution in [1.29, 1.82) is 0 Å². The van der Waals surface area contributed by atoms with Crippen molar-refractivity contribution in [3.05, 3.63) is 29.8 Å². The summed E-state index contributed by atoms with van der Waals surface area (Å²) in [4.78, 5) is 13.9. The van der Waals surface area contributed by atoms with Crippen LogP contribution >= 0.6 is 0 Å². The minimum absolute atomic E-state index is 0.122. The van der Waals surface area contributed by atoms with Gasteiger partial charge in [-0.2, -0.15) is 0 Å². The maximum atomic E-state index is 13.8. The molecule has 0 aromatic heterocycles. The van der Waals surface area contributed by atoms with Gasteiger partial charge in [-0.05, 0) is 31.7 Å². The first kappa shape index (κ1) is 17.5. The van der Waals surface area contributed by atoms with Crippen LogP contribution in [0.3, 0.4) is 0 Å². The molecular formula is C19H24F2N2O3. The molecule has 0 bridgehead atoms. The highest BCUT2D eigenvalue weighted by atomic mass is 19.3. The molecule has 2 heterocycles. The number of urea groups is 1. The molecule has 0 unspecified atom stereocenters. The lowest BCUT2D eigenvalue weighted by atomic mass is 9.86. The smallest absolute Gasteiger partial charge is 0.318 e. The number of halogens is 2. The van der Waals surface area contributed by atoms with Gasteiger partial charge in [-0.3, -0.25) is 0 Å². The Morgan fingerprint density at radius 3 is 2.81 bits per heavy atom. The molecule has 1 N–H and O–H groups in total. The molecule has 2 fully saturated rings. The van der Waals surface area contributed by atoms with E-state index in [4.69, 9.17) is 9.47 Å². The number of amides is 2. The van der Waals surface area contributed by atoms with Crippen LogP contribution in [0.25, 0.3) is 0 Å². The maximum Gasteiger partial charge on any atom is 0.318 e. The molecule has 7 heteroatoms. The predicted molar refractivity (Wildman–Crippen MR) is 91.5 cm³/mol. The molecule has 0 radical (unpaired) electrons. The third-order valence-electron chi connectivity index (χ3n) is 5.54. The number of carbonyl (C=O) groups is 1. The number of hydrogen-bond donors (Lipinski definition) is 1. The van der Waals surface area contributed by atoms with E-state index in [1.54, 1.807) is 0 Å². The number of para-hydroxylation sites is 1. The lowest BCUT2D eigenvalue weighted by Gasteiger charge is -2.40. The molecule has 2 amide bonds. The first-order valence-electron chi connectivity index (χ1n) is 9.25. The standard InChI is InChI=1S/C19H24F2N2O3/c20-19(21)12-23(9-10-25-13-19)17(24)22-15-11-18(7-3-4-8-18)26-16-6-2-1-5-14(15)16/h1-2,5-6,15H,3-4,7-13H2,(H,22,24)/t15-/m0/s1. The van der Waals surface area contributed by atoms with E-state index in [-0.39, 0.29) is 24.8 Å². The van der Waals surface area contributed by atoms with Crippen molar-refractivity contribution in [2.45, 2.75) is 49.7 Å². The van der Waals surface area contributed by atoms with E-state index in [1.165, 1.54) is 0 Å². The van der Waals surface area contributed by atoms with Gasteiger partial charge in [0.25, 0.3) is 5.92 Å². The molecule has 4 rings (SSSR count). The van der Waals surface area contributed by atoms with E-state index in [9.17, 15) is 13.6 Å². The van der Waals surface area contributed by atoms with Crippen LogP contribution in [0.1, 0.15) is 43.7 Å². The fourth-order valence-electron chi connectivity index (χ4n) is 4.29. The van der Waals surface area contributed by atoms with Crippen LogP contribution in [0.4, 0.5) is 13.6 Å². The Hall–Kier alpha value is -1.89. The zero-order chi connectivity index (χ0) is 18.2. The summed E-state index contributed by atoms with van der Waals surface area (Å²) in [5.74, 6) is -2.23. The monoisotopic (exact) mass is 366 g/mol. The van der Waals surface area contributed by atoms with Crippen LogP contribution in [-0.4, -0.2) is 48.8 Å². The molecule has 1 saturated heterocycles. The SMILES string of the molecule is O=C(N[C@H]1CC2(CCCC2)Oc2ccccc21)N1CCOCC(F)(F)C1. The summed E-state index contributed by atoms with van der Waals surface area (Å²) in [5.41, 5.74) is 0.661. The molecule has 1 spiro atoms. The second-order valence-electron chi connectivity index (χ2n) is 7.57. The number of nitrogens with zero attached hydrogens (tertiary/aromatic N) is 1. The van der Waals surface area contributed by atoms with Crippen LogP contribution in [0.2, 0.25) is 0 Å². The highest BCUT2D eigenvalue weighted by molar-refractivity contribution is 5.75. The zero-order valence-electron chi connectivity index (χ0n) is 14.7. The molecule has 2 aliphatic heterocycles.